The van der Waals surface area contributed by atoms with Crippen LogP contribution in [0.3, 0.4) is 0 Å². The highest BCUT2D eigenvalue weighted by molar-refractivity contribution is 5.99. The average molecular weight is 307 g/mol. The lowest BCUT2D eigenvalue weighted by Gasteiger charge is -2.32. The summed E-state index contributed by atoms with van der Waals surface area (Å²) < 4.78 is 0. The Labute approximate surface area is 135 Å². The first-order valence-electron chi connectivity index (χ1n) is 7.29. The van der Waals surface area contributed by atoms with E-state index in [2.05, 4.69) is 0 Å². The van der Waals surface area contributed by atoms with Gasteiger partial charge in [0.1, 0.15) is 6.54 Å². The van der Waals surface area contributed by atoms with E-state index in [1.54, 1.807) is 61.5 Å². The highest BCUT2D eigenvalue weighted by Gasteiger charge is 2.26. The van der Waals surface area contributed by atoms with Crippen molar-refractivity contribution in [2.75, 3.05) is 13.1 Å². The minimum atomic E-state index is -0.377. The minimum absolute atomic E-state index is 0.194. The number of benzene rings is 2. The van der Waals surface area contributed by atoms with Crippen molar-refractivity contribution in [3.05, 3.63) is 71.8 Å². The molecule has 0 spiro atoms. The monoisotopic (exact) mass is 307 g/mol. The van der Waals surface area contributed by atoms with Crippen LogP contribution in [0.4, 0.5) is 0 Å². The molecule has 0 heterocycles. The molecule has 5 heteroatoms. The number of nitrogens with zero attached hydrogens (tertiary/aromatic N) is 3. The molecule has 0 aliphatic heterocycles. The number of hydrogen-bond acceptors (Lipinski definition) is 3. The van der Waals surface area contributed by atoms with Crippen LogP contribution in [0.5, 0.6) is 0 Å². The number of hydrazine groups is 1. The summed E-state index contributed by atoms with van der Waals surface area (Å²) >= 11 is 0. The Morgan fingerprint density at radius 3 is 1.70 bits per heavy atom. The summed E-state index contributed by atoms with van der Waals surface area (Å²) in [7, 11) is 0. The lowest BCUT2D eigenvalue weighted by Crippen LogP contribution is -2.49. The first-order chi connectivity index (χ1) is 11.2. The maximum Gasteiger partial charge on any atom is 0.273 e. The fourth-order valence-corrected chi connectivity index (χ4v) is 2.22. The number of amides is 2. The van der Waals surface area contributed by atoms with Crippen molar-refractivity contribution < 1.29 is 9.59 Å². The molecular weight excluding hydrogens is 290 g/mol. The molecule has 2 rings (SSSR count). The zero-order valence-corrected chi connectivity index (χ0v) is 12.8. The Bertz CT molecular complexity index is 708. The maximum atomic E-state index is 12.7. The lowest BCUT2D eigenvalue weighted by molar-refractivity contribution is 0.00425. The first kappa shape index (κ1) is 16.2. The van der Waals surface area contributed by atoms with Gasteiger partial charge in [-0.05, 0) is 31.2 Å². The number of carbonyl (C=O) groups is 2. The van der Waals surface area contributed by atoms with Crippen LogP contribution in [0.25, 0.3) is 0 Å². The molecule has 0 bridgehead atoms. The Balaban J connectivity index is 2.32. The van der Waals surface area contributed by atoms with Crippen molar-refractivity contribution in [2.24, 2.45) is 0 Å². The standard InChI is InChI=1S/C18H17N3O2/c1-2-20(17(22)15-9-5-3-6-10-15)21(14-13-19)18(23)16-11-7-4-8-12-16/h3-12H,2,14H2,1H3. The molecule has 0 aliphatic rings. The molecule has 116 valence electrons. The molecule has 0 saturated heterocycles. The summed E-state index contributed by atoms with van der Waals surface area (Å²) in [6, 6.07) is 19.3. The van der Waals surface area contributed by atoms with Gasteiger partial charge in [-0.25, -0.2) is 10.0 Å². The molecule has 2 amide bonds. The van der Waals surface area contributed by atoms with Crippen LogP contribution >= 0.6 is 0 Å². The maximum absolute atomic E-state index is 12.7. The summed E-state index contributed by atoms with van der Waals surface area (Å²) in [4.78, 5) is 25.3. The predicted octanol–water partition coefficient (Wildman–Crippen LogP) is 2.73. The second-order valence-electron chi connectivity index (χ2n) is 4.77. The van der Waals surface area contributed by atoms with Crippen LogP contribution < -0.4 is 0 Å². The van der Waals surface area contributed by atoms with Crippen LogP contribution in [-0.4, -0.2) is 34.9 Å². The van der Waals surface area contributed by atoms with Crippen molar-refractivity contribution in [2.45, 2.75) is 6.92 Å². The molecule has 0 atom stereocenters. The van der Waals surface area contributed by atoms with Gasteiger partial charge in [0.25, 0.3) is 11.8 Å². The normalized spacial score (nSPS) is 9.74. The number of rotatable bonds is 4. The summed E-state index contributed by atoms with van der Waals surface area (Å²) in [5.74, 6) is -0.689. The van der Waals surface area contributed by atoms with Crippen molar-refractivity contribution >= 4 is 11.8 Å². The molecule has 0 saturated carbocycles. The summed E-state index contributed by atoms with van der Waals surface area (Å²) in [5, 5.41) is 11.5. The molecule has 5 nitrogen and oxygen atoms in total. The summed E-state index contributed by atoms with van der Waals surface area (Å²) in [5.41, 5.74) is 0.903. The van der Waals surface area contributed by atoms with Gasteiger partial charge in [-0.2, -0.15) is 5.26 Å². The molecule has 0 radical (unpaired) electrons. The third-order valence-corrected chi connectivity index (χ3v) is 3.32. The van der Waals surface area contributed by atoms with Gasteiger partial charge in [0.05, 0.1) is 6.07 Å². The number of hydrogen-bond donors (Lipinski definition) is 0. The van der Waals surface area contributed by atoms with Gasteiger partial charge < -0.3 is 0 Å². The third kappa shape index (κ3) is 3.74. The van der Waals surface area contributed by atoms with E-state index in [-0.39, 0.29) is 24.9 Å². The SMILES string of the molecule is CCN(C(=O)c1ccccc1)N(CC#N)C(=O)c1ccccc1. The van der Waals surface area contributed by atoms with Gasteiger partial charge in [-0.15, -0.1) is 0 Å². The molecular formula is C18H17N3O2. The summed E-state index contributed by atoms with van der Waals surface area (Å²) in [6.07, 6.45) is 0. The van der Waals surface area contributed by atoms with Crippen LogP contribution in [0, 0.1) is 11.3 Å². The van der Waals surface area contributed by atoms with E-state index < -0.39 is 0 Å². The fourth-order valence-electron chi connectivity index (χ4n) is 2.22. The predicted molar refractivity (Wildman–Crippen MR) is 86.2 cm³/mol. The average Bonchev–Trinajstić information content (AvgIpc) is 2.62. The van der Waals surface area contributed by atoms with E-state index in [1.807, 2.05) is 12.1 Å². The highest BCUT2D eigenvalue weighted by atomic mass is 16.2. The van der Waals surface area contributed by atoms with E-state index in [0.29, 0.717) is 11.1 Å². The largest absolute Gasteiger partial charge is 0.273 e. The van der Waals surface area contributed by atoms with Crippen molar-refractivity contribution in [3.8, 4) is 6.07 Å². The van der Waals surface area contributed by atoms with Crippen LogP contribution in [-0.2, 0) is 0 Å². The molecule has 23 heavy (non-hydrogen) atoms. The minimum Gasteiger partial charge on any atom is -0.267 e. The quantitative estimate of drug-likeness (QED) is 0.644. The molecule has 0 N–H and O–H groups in total. The Morgan fingerprint density at radius 2 is 1.30 bits per heavy atom. The second kappa shape index (κ2) is 7.76. The van der Waals surface area contributed by atoms with Gasteiger partial charge in [0, 0.05) is 17.7 Å². The Kier molecular flexibility index (Phi) is 5.48. The topological polar surface area (TPSA) is 64.4 Å². The van der Waals surface area contributed by atoms with E-state index in [9.17, 15) is 9.59 Å². The zero-order valence-electron chi connectivity index (χ0n) is 12.8. The van der Waals surface area contributed by atoms with Gasteiger partial charge in [-0.1, -0.05) is 36.4 Å². The summed E-state index contributed by atoms with van der Waals surface area (Å²) in [6.45, 7) is 1.86. The van der Waals surface area contributed by atoms with Crippen molar-refractivity contribution in [1.29, 1.82) is 5.26 Å². The van der Waals surface area contributed by atoms with Crippen LogP contribution in [0.1, 0.15) is 27.6 Å². The fraction of sp³-hybridized carbons (Fsp3) is 0.167. The van der Waals surface area contributed by atoms with E-state index in [0.717, 1.165) is 0 Å². The van der Waals surface area contributed by atoms with Gasteiger partial charge in [0.2, 0.25) is 0 Å². The van der Waals surface area contributed by atoms with E-state index in [1.165, 1.54) is 10.0 Å². The molecule has 2 aromatic carbocycles. The van der Waals surface area contributed by atoms with E-state index >= 15 is 0 Å². The van der Waals surface area contributed by atoms with Gasteiger partial charge >= 0.3 is 0 Å². The Morgan fingerprint density at radius 1 is 0.870 bits per heavy atom. The van der Waals surface area contributed by atoms with Crippen LogP contribution in [0.15, 0.2) is 60.7 Å². The lowest BCUT2D eigenvalue weighted by atomic mass is 10.2. The highest BCUT2D eigenvalue weighted by Crippen LogP contribution is 2.12. The molecule has 0 fully saturated rings. The van der Waals surface area contributed by atoms with E-state index in [4.69, 9.17) is 5.26 Å². The molecule has 2 aromatic rings. The first-order valence-corrected chi connectivity index (χ1v) is 7.29. The van der Waals surface area contributed by atoms with Crippen LogP contribution in [0.2, 0.25) is 0 Å². The molecule has 0 aliphatic carbocycles. The molecule has 0 unspecified atom stereocenters. The zero-order chi connectivity index (χ0) is 16.7. The van der Waals surface area contributed by atoms with Crippen molar-refractivity contribution in [1.82, 2.24) is 10.0 Å². The second-order valence-corrected chi connectivity index (χ2v) is 4.77. The van der Waals surface area contributed by atoms with Gasteiger partial charge in [-0.3, -0.25) is 9.59 Å². The molecule has 0 aromatic heterocycles. The number of carbonyl (C=O) groups excluding carboxylic acids is 2. The third-order valence-electron chi connectivity index (χ3n) is 3.32. The number of nitriles is 1. The van der Waals surface area contributed by atoms with Crippen molar-refractivity contribution in [3.63, 3.8) is 0 Å². The smallest absolute Gasteiger partial charge is 0.267 e. The Hall–Kier alpha value is -3.13. The van der Waals surface area contributed by atoms with Gasteiger partial charge in [0.15, 0.2) is 0 Å².